The molecule has 0 unspecified atom stereocenters. The second-order valence-corrected chi connectivity index (χ2v) is 3.56. The van der Waals surface area contributed by atoms with Gasteiger partial charge in [-0.3, -0.25) is 4.79 Å². The molecule has 0 fully saturated rings. The van der Waals surface area contributed by atoms with Gasteiger partial charge in [0.15, 0.2) is 0 Å². The quantitative estimate of drug-likeness (QED) is 0.613. The molecule has 0 spiro atoms. The molecular formula is C13H13ClO3. The van der Waals surface area contributed by atoms with E-state index < -0.39 is 0 Å². The Kier molecular flexibility index (Phi) is 5.38. The lowest BCUT2D eigenvalue weighted by atomic mass is 10.2. The molecule has 0 bridgehead atoms. The molecule has 1 rings (SSSR count). The molecule has 0 aliphatic rings. The van der Waals surface area contributed by atoms with Crippen LogP contribution in [0.1, 0.15) is 18.9 Å². The maximum atomic E-state index is 11.1. The number of hydrogen-bond donors (Lipinski definition) is 0. The number of esters is 1. The van der Waals surface area contributed by atoms with Gasteiger partial charge in [0.05, 0.1) is 19.3 Å². The molecule has 17 heavy (non-hydrogen) atoms. The molecule has 1 aromatic carbocycles. The Hall–Kier alpha value is -1.66. The molecule has 0 aromatic heterocycles. The minimum absolute atomic E-state index is 0.0590. The van der Waals surface area contributed by atoms with E-state index in [-0.39, 0.29) is 12.4 Å². The van der Waals surface area contributed by atoms with Crippen LogP contribution in [0.2, 0.25) is 5.02 Å². The summed E-state index contributed by atoms with van der Waals surface area (Å²) in [6.45, 7) is 2.12. The summed E-state index contributed by atoms with van der Waals surface area (Å²) in [7, 11) is 1.56. The summed E-state index contributed by atoms with van der Waals surface area (Å²) in [5.74, 6) is 5.86. The van der Waals surface area contributed by atoms with Gasteiger partial charge in [-0.25, -0.2) is 0 Å². The predicted octanol–water partition coefficient (Wildman–Crippen LogP) is 2.65. The van der Waals surface area contributed by atoms with Crippen LogP contribution in [0, 0.1) is 11.8 Å². The highest BCUT2D eigenvalue weighted by Crippen LogP contribution is 2.21. The normalized spacial score (nSPS) is 9.12. The van der Waals surface area contributed by atoms with Crippen LogP contribution in [0.15, 0.2) is 18.2 Å². The van der Waals surface area contributed by atoms with Gasteiger partial charge in [-0.1, -0.05) is 23.4 Å². The molecule has 0 saturated heterocycles. The molecule has 90 valence electrons. The fourth-order valence-corrected chi connectivity index (χ4v) is 1.37. The third-order valence-corrected chi connectivity index (χ3v) is 2.16. The predicted molar refractivity (Wildman–Crippen MR) is 66.1 cm³/mol. The fraction of sp³-hybridized carbons (Fsp3) is 0.308. The Morgan fingerprint density at radius 1 is 1.47 bits per heavy atom. The van der Waals surface area contributed by atoms with E-state index in [1.807, 2.05) is 0 Å². The number of benzene rings is 1. The van der Waals surface area contributed by atoms with Crippen LogP contribution in [0.25, 0.3) is 0 Å². The highest BCUT2D eigenvalue weighted by atomic mass is 35.5. The minimum atomic E-state index is -0.332. The summed E-state index contributed by atoms with van der Waals surface area (Å²) < 4.78 is 9.89. The SMILES string of the molecule is CCOC(=O)CC#Cc1cc(Cl)ccc1OC. The lowest BCUT2D eigenvalue weighted by Gasteiger charge is -2.02. The topological polar surface area (TPSA) is 35.5 Å². The average Bonchev–Trinajstić information content (AvgIpc) is 2.30. The Bertz CT molecular complexity index is 457. The molecule has 3 nitrogen and oxygen atoms in total. The van der Waals surface area contributed by atoms with Crippen LogP contribution < -0.4 is 4.74 Å². The van der Waals surface area contributed by atoms with Crippen LogP contribution >= 0.6 is 11.6 Å². The molecule has 0 radical (unpaired) electrons. The molecule has 0 heterocycles. The van der Waals surface area contributed by atoms with E-state index in [0.29, 0.717) is 22.9 Å². The van der Waals surface area contributed by atoms with Crippen molar-refractivity contribution >= 4 is 17.6 Å². The van der Waals surface area contributed by atoms with Crippen molar-refractivity contribution in [2.75, 3.05) is 13.7 Å². The summed E-state index contributed by atoms with van der Waals surface area (Å²) in [4.78, 5) is 11.1. The minimum Gasteiger partial charge on any atom is -0.495 e. The molecule has 4 heteroatoms. The lowest BCUT2D eigenvalue weighted by molar-refractivity contribution is -0.141. The summed E-state index contributed by atoms with van der Waals surface area (Å²) in [5, 5.41) is 0.575. The van der Waals surface area contributed by atoms with Crippen LogP contribution in [0.3, 0.4) is 0 Å². The summed E-state index contributed by atoms with van der Waals surface area (Å²) >= 11 is 5.85. The van der Waals surface area contributed by atoms with Crippen molar-refractivity contribution in [3.63, 3.8) is 0 Å². The van der Waals surface area contributed by atoms with Crippen molar-refractivity contribution < 1.29 is 14.3 Å². The zero-order valence-electron chi connectivity index (χ0n) is 9.75. The van der Waals surface area contributed by atoms with E-state index in [1.165, 1.54) is 0 Å². The summed E-state index contributed by atoms with van der Waals surface area (Å²) in [6, 6.07) is 5.15. The molecule has 0 aliphatic carbocycles. The number of hydrogen-bond acceptors (Lipinski definition) is 3. The third kappa shape index (κ3) is 4.38. The maximum Gasteiger partial charge on any atom is 0.317 e. The number of carbonyl (C=O) groups excluding carboxylic acids is 1. The highest BCUT2D eigenvalue weighted by Gasteiger charge is 2.01. The first-order valence-corrected chi connectivity index (χ1v) is 5.53. The monoisotopic (exact) mass is 252 g/mol. The van der Waals surface area contributed by atoms with Gasteiger partial charge in [-0.2, -0.15) is 0 Å². The first-order valence-electron chi connectivity index (χ1n) is 5.15. The second-order valence-electron chi connectivity index (χ2n) is 3.13. The molecule has 1 aromatic rings. The van der Waals surface area contributed by atoms with Gasteiger partial charge in [0, 0.05) is 5.02 Å². The Morgan fingerprint density at radius 2 is 2.24 bits per heavy atom. The molecule has 0 amide bonds. The molecule has 0 saturated carbocycles. The number of halogens is 1. The van der Waals surface area contributed by atoms with Gasteiger partial charge < -0.3 is 9.47 Å². The Labute approximate surface area is 106 Å². The molecule has 0 atom stereocenters. The second kappa shape index (κ2) is 6.82. The van der Waals surface area contributed by atoms with Crippen molar-refractivity contribution in [1.29, 1.82) is 0 Å². The number of carbonyl (C=O) groups is 1. The summed E-state index contributed by atoms with van der Waals surface area (Å²) in [5.41, 5.74) is 0.657. The van der Waals surface area contributed by atoms with E-state index in [4.69, 9.17) is 21.1 Å². The van der Waals surface area contributed by atoms with Crippen molar-refractivity contribution in [3.05, 3.63) is 28.8 Å². The summed E-state index contributed by atoms with van der Waals surface area (Å²) in [6.07, 6.45) is 0.0590. The number of ether oxygens (including phenoxy) is 2. The number of methoxy groups -OCH3 is 1. The lowest BCUT2D eigenvalue weighted by Crippen LogP contribution is -2.01. The Morgan fingerprint density at radius 3 is 2.88 bits per heavy atom. The molecular weight excluding hydrogens is 240 g/mol. The highest BCUT2D eigenvalue weighted by molar-refractivity contribution is 6.30. The first kappa shape index (κ1) is 13.4. The average molecular weight is 253 g/mol. The molecule has 0 N–H and O–H groups in total. The van der Waals surface area contributed by atoms with E-state index in [0.717, 1.165) is 0 Å². The van der Waals surface area contributed by atoms with Crippen molar-refractivity contribution in [3.8, 4) is 17.6 Å². The van der Waals surface area contributed by atoms with Gasteiger partial charge in [-0.05, 0) is 25.1 Å². The third-order valence-electron chi connectivity index (χ3n) is 1.92. The van der Waals surface area contributed by atoms with Gasteiger partial charge in [0.1, 0.15) is 12.2 Å². The van der Waals surface area contributed by atoms with Crippen LogP contribution in [0.5, 0.6) is 5.75 Å². The van der Waals surface area contributed by atoms with Crippen molar-refractivity contribution in [2.24, 2.45) is 0 Å². The zero-order valence-corrected chi connectivity index (χ0v) is 10.5. The van der Waals surface area contributed by atoms with E-state index in [9.17, 15) is 4.79 Å². The van der Waals surface area contributed by atoms with Gasteiger partial charge >= 0.3 is 5.97 Å². The smallest absolute Gasteiger partial charge is 0.317 e. The van der Waals surface area contributed by atoms with Crippen LogP contribution in [0.4, 0.5) is 0 Å². The van der Waals surface area contributed by atoms with Gasteiger partial charge in [0.2, 0.25) is 0 Å². The number of rotatable bonds is 3. The first-order chi connectivity index (χ1) is 8.17. The fourth-order valence-electron chi connectivity index (χ4n) is 1.20. The maximum absolute atomic E-state index is 11.1. The van der Waals surface area contributed by atoms with E-state index in [2.05, 4.69) is 11.8 Å². The van der Waals surface area contributed by atoms with Gasteiger partial charge in [-0.15, -0.1) is 0 Å². The standard InChI is InChI=1S/C13H13ClO3/c1-3-17-13(15)6-4-5-10-9-11(14)7-8-12(10)16-2/h7-9H,3,6H2,1-2H3. The van der Waals surface area contributed by atoms with Gasteiger partial charge in [0.25, 0.3) is 0 Å². The van der Waals surface area contributed by atoms with Crippen molar-refractivity contribution in [1.82, 2.24) is 0 Å². The van der Waals surface area contributed by atoms with E-state index >= 15 is 0 Å². The zero-order chi connectivity index (χ0) is 12.7. The van der Waals surface area contributed by atoms with Crippen LogP contribution in [-0.2, 0) is 9.53 Å². The van der Waals surface area contributed by atoms with Crippen molar-refractivity contribution in [2.45, 2.75) is 13.3 Å². The van der Waals surface area contributed by atoms with E-state index in [1.54, 1.807) is 32.2 Å². The van der Waals surface area contributed by atoms with Crippen LogP contribution in [-0.4, -0.2) is 19.7 Å². The largest absolute Gasteiger partial charge is 0.495 e. The Balaban J connectivity index is 2.77. The molecule has 0 aliphatic heterocycles.